The minimum absolute atomic E-state index is 0.330. The molecule has 23 heavy (non-hydrogen) atoms. The van der Waals surface area contributed by atoms with Crippen LogP contribution >= 0.6 is 0 Å². The van der Waals surface area contributed by atoms with Crippen molar-refractivity contribution in [2.24, 2.45) is 0 Å². The highest BCUT2D eigenvalue weighted by molar-refractivity contribution is 5.59. The van der Waals surface area contributed by atoms with E-state index < -0.39 is 6.10 Å². The molecule has 0 heterocycles. The monoisotopic (exact) mass is 309 g/mol. The van der Waals surface area contributed by atoms with Crippen LogP contribution in [-0.4, -0.2) is 31.4 Å². The molecular weight excluding hydrogens is 286 g/mol. The van der Waals surface area contributed by atoms with E-state index in [0.717, 1.165) is 5.75 Å². The minimum Gasteiger partial charge on any atom is -0.491 e. The summed E-state index contributed by atoms with van der Waals surface area (Å²) in [5.74, 6) is 1.88. The molecule has 3 unspecified atom stereocenters. The summed E-state index contributed by atoms with van der Waals surface area (Å²) in [6, 6.07) is 15.2. The molecule has 3 aliphatic carbocycles. The summed E-state index contributed by atoms with van der Waals surface area (Å²) in [5, 5.41) is 12.9. The molecule has 0 fully saturated rings. The zero-order chi connectivity index (χ0) is 15.8. The Kier molecular flexibility index (Phi) is 3.83. The van der Waals surface area contributed by atoms with E-state index in [9.17, 15) is 5.11 Å². The molecule has 2 N–H and O–H groups in total. The van der Waals surface area contributed by atoms with Crippen molar-refractivity contribution < 1.29 is 9.84 Å². The average Bonchev–Trinajstić information content (AvgIpc) is 2.60. The summed E-state index contributed by atoms with van der Waals surface area (Å²) in [5.41, 5.74) is 5.71. The number of rotatable bonds is 5. The predicted molar refractivity (Wildman–Crippen MR) is 91.2 cm³/mol. The Balaban J connectivity index is 1.68. The molecule has 0 saturated carbocycles. The first kappa shape index (κ1) is 14.7. The van der Waals surface area contributed by atoms with Gasteiger partial charge in [-0.15, -0.1) is 0 Å². The minimum atomic E-state index is -0.482. The van der Waals surface area contributed by atoms with Gasteiger partial charge in [0.15, 0.2) is 0 Å². The highest BCUT2D eigenvalue weighted by Gasteiger charge is 2.38. The van der Waals surface area contributed by atoms with Crippen LogP contribution in [0.15, 0.2) is 42.5 Å². The summed E-state index contributed by atoms with van der Waals surface area (Å²) in [6.45, 7) is 0.875. The van der Waals surface area contributed by atoms with Gasteiger partial charge in [-0.2, -0.15) is 0 Å². The van der Waals surface area contributed by atoms with E-state index in [1.807, 2.05) is 13.1 Å². The van der Waals surface area contributed by atoms with Gasteiger partial charge in [0.25, 0.3) is 0 Å². The van der Waals surface area contributed by atoms with Crippen LogP contribution in [0.4, 0.5) is 0 Å². The van der Waals surface area contributed by atoms with Gasteiger partial charge in [-0.1, -0.05) is 36.4 Å². The van der Waals surface area contributed by atoms with Crippen molar-refractivity contribution in [3.8, 4) is 5.75 Å². The fourth-order valence-corrected chi connectivity index (χ4v) is 4.26. The van der Waals surface area contributed by atoms with Crippen LogP contribution in [0, 0.1) is 0 Å². The van der Waals surface area contributed by atoms with Crippen molar-refractivity contribution in [2.45, 2.75) is 30.8 Å². The van der Waals surface area contributed by atoms with E-state index in [1.165, 1.54) is 35.1 Å². The first-order valence-corrected chi connectivity index (χ1v) is 8.46. The van der Waals surface area contributed by atoms with Crippen molar-refractivity contribution in [2.75, 3.05) is 20.2 Å². The van der Waals surface area contributed by atoms with E-state index in [1.54, 1.807) is 0 Å². The molecule has 0 spiro atoms. The Morgan fingerprint density at radius 3 is 2.52 bits per heavy atom. The van der Waals surface area contributed by atoms with Gasteiger partial charge in [0, 0.05) is 23.9 Å². The maximum Gasteiger partial charge on any atom is 0.123 e. The SMILES string of the molecule is CNCC(O)COc1cccc2c1C1CCC2c2ccccc21. The molecule has 0 aliphatic heterocycles. The first-order chi connectivity index (χ1) is 11.3. The second-order valence-electron chi connectivity index (χ2n) is 6.59. The van der Waals surface area contributed by atoms with Crippen molar-refractivity contribution in [1.29, 1.82) is 0 Å². The Morgan fingerprint density at radius 1 is 1.04 bits per heavy atom. The van der Waals surface area contributed by atoms with E-state index in [2.05, 4.69) is 41.7 Å². The first-order valence-electron chi connectivity index (χ1n) is 8.46. The number of aliphatic hydroxyl groups excluding tert-OH is 1. The largest absolute Gasteiger partial charge is 0.491 e. The number of fused-ring (bicyclic) bond motifs is 1. The van der Waals surface area contributed by atoms with Crippen LogP contribution in [0.1, 0.15) is 46.9 Å². The third-order valence-corrected chi connectivity index (χ3v) is 5.19. The van der Waals surface area contributed by atoms with E-state index in [-0.39, 0.29) is 0 Å². The smallest absolute Gasteiger partial charge is 0.123 e. The molecule has 3 heteroatoms. The molecule has 5 rings (SSSR count). The zero-order valence-electron chi connectivity index (χ0n) is 13.5. The standard InChI is InChI=1S/C20H23NO2/c1-21-11-13(22)12-23-19-8-4-7-17-16-9-10-18(20(17)19)15-6-3-2-5-14(15)16/h2-8,13,16,18,21-22H,9-12H2,1H3. The maximum atomic E-state index is 9.92. The third kappa shape index (κ3) is 2.44. The van der Waals surface area contributed by atoms with Gasteiger partial charge in [-0.05, 0) is 42.6 Å². The van der Waals surface area contributed by atoms with Crippen LogP contribution in [0.2, 0.25) is 0 Å². The number of hydrogen-bond acceptors (Lipinski definition) is 3. The topological polar surface area (TPSA) is 41.5 Å². The van der Waals surface area contributed by atoms with Crippen molar-refractivity contribution in [3.05, 3.63) is 64.7 Å². The zero-order valence-corrected chi connectivity index (χ0v) is 13.5. The Morgan fingerprint density at radius 2 is 1.74 bits per heavy atom. The number of hydrogen-bond donors (Lipinski definition) is 2. The Bertz CT molecular complexity index is 713. The van der Waals surface area contributed by atoms with E-state index in [0.29, 0.717) is 25.0 Å². The molecule has 0 saturated heterocycles. The highest BCUT2D eigenvalue weighted by atomic mass is 16.5. The summed E-state index contributed by atoms with van der Waals surface area (Å²) in [6.07, 6.45) is 1.93. The number of ether oxygens (including phenoxy) is 1. The van der Waals surface area contributed by atoms with Crippen molar-refractivity contribution in [1.82, 2.24) is 5.32 Å². The quantitative estimate of drug-likeness (QED) is 0.892. The van der Waals surface area contributed by atoms with Crippen molar-refractivity contribution in [3.63, 3.8) is 0 Å². The number of likely N-dealkylation sites (N-methyl/N-ethyl adjacent to an activating group) is 1. The lowest BCUT2D eigenvalue weighted by Crippen LogP contribution is -2.30. The van der Waals surface area contributed by atoms with Gasteiger partial charge in [-0.3, -0.25) is 0 Å². The van der Waals surface area contributed by atoms with Crippen LogP contribution in [0.25, 0.3) is 0 Å². The molecule has 120 valence electrons. The van der Waals surface area contributed by atoms with Crippen molar-refractivity contribution >= 4 is 0 Å². The molecule has 2 bridgehead atoms. The molecule has 3 aliphatic rings. The van der Waals surface area contributed by atoms with Crippen LogP contribution in [0.5, 0.6) is 5.75 Å². The van der Waals surface area contributed by atoms with Gasteiger partial charge in [-0.25, -0.2) is 0 Å². The highest BCUT2D eigenvalue weighted by Crippen LogP contribution is 2.55. The van der Waals surface area contributed by atoms with Crippen LogP contribution in [-0.2, 0) is 0 Å². The van der Waals surface area contributed by atoms with Gasteiger partial charge >= 0.3 is 0 Å². The molecule has 3 atom stereocenters. The van der Waals surface area contributed by atoms with Gasteiger partial charge in [0.05, 0.1) is 0 Å². The van der Waals surface area contributed by atoms with E-state index in [4.69, 9.17) is 4.74 Å². The fourth-order valence-electron chi connectivity index (χ4n) is 4.26. The summed E-state index contributed by atoms with van der Waals surface area (Å²) in [7, 11) is 1.84. The maximum absolute atomic E-state index is 9.92. The second-order valence-corrected chi connectivity index (χ2v) is 6.59. The second kappa shape index (κ2) is 5.99. The molecule has 0 radical (unpaired) electrons. The molecule has 0 amide bonds. The van der Waals surface area contributed by atoms with Crippen LogP contribution < -0.4 is 10.1 Å². The van der Waals surface area contributed by atoms with E-state index >= 15 is 0 Å². The number of aliphatic hydroxyl groups is 1. The van der Waals surface area contributed by atoms with Gasteiger partial charge in [0.1, 0.15) is 18.5 Å². The Hall–Kier alpha value is -1.84. The fraction of sp³-hybridized carbons (Fsp3) is 0.400. The third-order valence-electron chi connectivity index (χ3n) is 5.19. The lowest BCUT2D eigenvalue weighted by atomic mass is 9.63. The van der Waals surface area contributed by atoms with Gasteiger partial charge in [0.2, 0.25) is 0 Å². The number of nitrogens with one attached hydrogen (secondary N) is 1. The molecule has 2 aromatic carbocycles. The lowest BCUT2D eigenvalue weighted by molar-refractivity contribution is 0.107. The summed E-state index contributed by atoms with van der Waals surface area (Å²) >= 11 is 0. The van der Waals surface area contributed by atoms with Gasteiger partial charge < -0.3 is 15.2 Å². The summed E-state index contributed by atoms with van der Waals surface area (Å²) < 4.78 is 6.00. The predicted octanol–water partition coefficient (Wildman–Crippen LogP) is 3.02. The summed E-state index contributed by atoms with van der Waals surface area (Å²) in [4.78, 5) is 0. The average molecular weight is 309 g/mol. The number of benzene rings is 2. The Labute approximate surface area is 137 Å². The molecular formula is C20H23NO2. The normalized spacial score (nSPS) is 22.3. The molecule has 2 aromatic rings. The lowest BCUT2D eigenvalue weighted by Gasteiger charge is -2.41. The van der Waals surface area contributed by atoms with Crippen LogP contribution in [0.3, 0.4) is 0 Å². The molecule has 0 aromatic heterocycles. The molecule has 3 nitrogen and oxygen atoms in total.